The van der Waals surface area contributed by atoms with E-state index < -0.39 is 0 Å². The average molecular weight is 317 g/mol. The maximum Gasteiger partial charge on any atom is 0.189 e. The minimum Gasteiger partial charge on any atom is -0.329 e. The van der Waals surface area contributed by atoms with Crippen molar-refractivity contribution in [1.29, 1.82) is 0 Å². The standard InChI is InChI=1S/C15H16FN5S/c1-15(2,3)12-13(21-9-17-8-18-21)22-14(20-12)19-11-7-5-4-6-10(11)16/h4-9H,1-3H3,(H,19,20). The number of hydrogen-bond acceptors (Lipinski definition) is 5. The van der Waals surface area contributed by atoms with Gasteiger partial charge in [-0.25, -0.2) is 19.0 Å². The fourth-order valence-corrected chi connectivity index (χ4v) is 3.12. The highest BCUT2D eigenvalue weighted by Gasteiger charge is 2.25. The van der Waals surface area contributed by atoms with Crippen LogP contribution < -0.4 is 5.32 Å². The van der Waals surface area contributed by atoms with Gasteiger partial charge in [0.2, 0.25) is 0 Å². The molecule has 0 radical (unpaired) electrons. The Kier molecular flexibility index (Phi) is 3.66. The number of hydrogen-bond donors (Lipinski definition) is 1. The van der Waals surface area contributed by atoms with Crippen molar-refractivity contribution in [2.24, 2.45) is 0 Å². The maximum absolute atomic E-state index is 13.8. The van der Waals surface area contributed by atoms with Crippen molar-refractivity contribution in [3.63, 3.8) is 0 Å². The van der Waals surface area contributed by atoms with Gasteiger partial charge in [0, 0.05) is 5.41 Å². The monoisotopic (exact) mass is 317 g/mol. The predicted molar refractivity (Wildman–Crippen MR) is 85.4 cm³/mol. The van der Waals surface area contributed by atoms with Gasteiger partial charge in [-0.15, -0.1) is 0 Å². The molecular formula is C15H16FN5S. The van der Waals surface area contributed by atoms with Gasteiger partial charge in [-0.1, -0.05) is 44.2 Å². The van der Waals surface area contributed by atoms with E-state index in [9.17, 15) is 4.39 Å². The second kappa shape index (κ2) is 5.49. The first-order valence-electron chi connectivity index (χ1n) is 6.83. The summed E-state index contributed by atoms with van der Waals surface area (Å²) in [6.45, 7) is 6.24. The van der Waals surface area contributed by atoms with Crippen LogP contribution in [-0.2, 0) is 5.41 Å². The van der Waals surface area contributed by atoms with Gasteiger partial charge in [0.25, 0.3) is 0 Å². The molecule has 0 unspecified atom stereocenters. The lowest BCUT2D eigenvalue weighted by Crippen LogP contribution is -2.15. The van der Waals surface area contributed by atoms with Crippen molar-refractivity contribution < 1.29 is 4.39 Å². The lowest BCUT2D eigenvalue weighted by atomic mass is 9.92. The fourth-order valence-electron chi connectivity index (χ4n) is 2.00. The normalized spacial score (nSPS) is 11.6. The number of benzene rings is 1. The Morgan fingerprint density at radius 3 is 2.64 bits per heavy atom. The van der Waals surface area contributed by atoms with Crippen LogP contribution >= 0.6 is 11.3 Å². The van der Waals surface area contributed by atoms with Gasteiger partial charge in [0.15, 0.2) is 5.13 Å². The summed E-state index contributed by atoms with van der Waals surface area (Å²) in [6, 6.07) is 6.54. The molecule has 2 heterocycles. The Morgan fingerprint density at radius 1 is 1.23 bits per heavy atom. The minimum atomic E-state index is -0.308. The predicted octanol–water partition coefficient (Wildman–Crippen LogP) is 3.90. The third-order valence-corrected chi connectivity index (χ3v) is 4.02. The first kappa shape index (κ1) is 14.6. The summed E-state index contributed by atoms with van der Waals surface area (Å²) >= 11 is 1.42. The van der Waals surface area contributed by atoms with Crippen molar-refractivity contribution in [2.45, 2.75) is 26.2 Å². The summed E-state index contributed by atoms with van der Waals surface area (Å²) in [5.74, 6) is -0.308. The fraction of sp³-hybridized carbons (Fsp3) is 0.267. The Morgan fingerprint density at radius 2 is 2.00 bits per heavy atom. The molecule has 0 aliphatic carbocycles. The lowest BCUT2D eigenvalue weighted by Gasteiger charge is -2.16. The molecule has 0 aliphatic rings. The van der Waals surface area contributed by atoms with Crippen molar-refractivity contribution in [3.05, 3.63) is 48.4 Å². The number of nitrogens with one attached hydrogen (secondary N) is 1. The van der Waals surface area contributed by atoms with Crippen molar-refractivity contribution in [2.75, 3.05) is 5.32 Å². The van der Waals surface area contributed by atoms with E-state index in [2.05, 4.69) is 41.2 Å². The molecule has 0 saturated heterocycles. The molecule has 3 aromatic rings. The van der Waals surface area contributed by atoms with Gasteiger partial charge in [0.05, 0.1) is 11.4 Å². The minimum absolute atomic E-state index is 0.160. The number of nitrogens with zero attached hydrogens (tertiary/aromatic N) is 4. The molecule has 3 rings (SSSR count). The molecule has 1 N–H and O–H groups in total. The van der Waals surface area contributed by atoms with Crippen LogP contribution in [0.25, 0.3) is 5.00 Å². The van der Waals surface area contributed by atoms with Crippen LogP contribution in [0.4, 0.5) is 15.2 Å². The molecule has 0 atom stereocenters. The molecule has 7 heteroatoms. The van der Waals surface area contributed by atoms with Crippen LogP contribution in [-0.4, -0.2) is 19.7 Å². The maximum atomic E-state index is 13.8. The second-order valence-electron chi connectivity index (χ2n) is 5.87. The van der Waals surface area contributed by atoms with Crippen LogP contribution in [0.3, 0.4) is 0 Å². The molecular weight excluding hydrogens is 301 g/mol. The van der Waals surface area contributed by atoms with Crippen molar-refractivity contribution in [3.8, 4) is 5.00 Å². The number of thiazole rings is 1. The van der Waals surface area contributed by atoms with Gasteiger partial charge < -0.3 is 5.32 Å². The van der Waals surface area contributed by atoms with E-state index in [-0.39, 0.29) is 11.2 Å². The van der Waals surface area contributed by atoms with Gasteiger partial charge in [-0.2, -0.15) is 5.10 Å². The van der Waals surface area contributed by atoms with Crippen LogP contribution in [0.1, 0.15) is 26.5 Å². The second-order valence-corrected chi connectivity index (χ2v) is 6.85. The van der Waals surface area contributed by atoms with Gasteiger partial charge in [-0.05, 0) is 12.1 Å². The van der Waals surface area contributed by atoms with Crippen molar-refractivity contribution in [1.82, 2.24) is 19.7 Å². The molecule has 2 aromatic heterocycles. The number of rotatable bonds is 3. The van der Waals surface area contributed by atoms with Crippen LogP contribution in [0, 0.1) is 5.82 Å². The summed E-state index contributed by atoms with van der Waals surface area (Å²) in [4.78, 5) is 8.61. The quantitative estimate of drug-likeness (QED) is 0.796. The molecule has 0 aliphatic heterocycles. The molecule has 0 bridgehead atoms. The summed E-state index contributed by atoms with van der Waals surface area (Å²) in [7, 11) is 0. The molecule has 22 heavy (non-hydrogen) atoms. The average Bonchev–Trinajstić information content (AvgIpc) is 3.09. The van der Waals surface area contributed by atoms with Crippen LogP contribution in [0.15, 0.2) is 36.9 Å². The Bertz CT molecular complexity index is 774. The van der Waals surface area contributed by atoms with E-state index in [0.717, 1.165) is 10.7 Å². The van der Waals surface area contributed by atoms with E-state index in [0.29, 0.717) is 10.8 Å². The van der Waals surface area contributed by atoms with E-state index in [1.165, 1.54) is 23.7 Å². The van der Waals surface area contributed by atoms with E-state index >= 15 is 0 Å². The van der Waals surface area contributed by atoms with E-state index in [1.807, 2.05) is 0 Å². The Hall–Kier alpha value is -2.28. The third-order valence-electron chi connectivity index (χ3n) is 3.06. The zero-order valence-corrected chi connectivity index (χ0v) is 13.4. The zero-order chi connectivity index (χ0) is 15.7. The number of halogens is 1. The summed E-state index contributed by atoms with van der Waals surface area (Å²) in [6.07, 6.45) is 3.12. The highest BCUT2D eigenvalue weighted by Crippen LogP contribution is 2.35. The lowest BCUT2D eigenvalue weighted by molar-refractivity contribution is 0.567. The first-order valence-corrected chi connectivity index (χ1v) is 7.64. The summed E-state index contributed by atoms with van der Waals surface area (Å²) in [5, 5.41) is 8.71. The Labute approximate surface area is 131 Å². The SMILES string of the molecule is CC(C)(C)c1nc(Nc2ccccc2F)sc1-n1cncn1. The van der Waals surface area contributed by atoms with Crippen LogP contribution in [0.2, 0.25) is 0 Å². The molecule has 1 aromatic carbocycles. The van der Waals surface area contributed by atoms with Crippen LogP contribution in [0.5, 0.6) is 0 Å². The molecule has 0 spiro atoms. The zero-order valence-electron chi connectivity index (χ0n) is 12.5. The smallest absolute Gasteiger partial charge is 0.189 e. The molecule has 0 saturated carbocycles. The molecule has 5 nitrogen and oxygen atoms in total. The summed E-state index contributed by atoms with van der Waals surface area (Å²) in [5.41, 5.74) is 1.14. The number of para-hydroxylation sites is 1. The largest absolute Gasteiger partial charge is 0.329 e. The summed E-state index contributed by atoms with van der Waals surface area (Å²) < 4.78 is 15.5. The van der Waals surface area contributed by atoms with Crippen molar-refractivity contribution >= 4 is 22.2 Å². The Balaban J connectivity index is 2.02. The highest BCUT2D eigenvalue weighted by atomic mass is 32.1. The topological polar surface area (TPSA) is 55.6 Å². The van der Waals surface area contributed by atoms with Gasteiger partial charge in [0.1, 0.15) is 23.5 Å². The number of anilines is 2. The number of aromatic nitrogens is 4. The van der Waals surface area contributed by atoms with Gasteiger partial charge >= 0.3 is 0 Å². The molecule has 114 valence electrons. The first-order chi connectivity index (χ1) is 10.4. The van der Waals surface area contributed by atoms with Gasteiger partial charge in [-0.3, -0.25) is 0 Å². The highest BCUT2D eigenvalue weighted by molar-refractivity contribution is 7.18. The third kappa shape index (κ3) is 2.85. The van der Waals surface area contributed by atoms with E-state index in [4.69, 9.17) is 0 Å². The molecule has 0 fully saturated rings. The van der Waals surface area contributed by atoms with E-state index in [1.54, 1.807) is 29.2 Å². The molecule has 0 amide bonds.